The van der Waals surface area contributed by atoms with Gasteiger partial charge in [0, 0.05) is 17.2 Å². The van der Waals surface area contributed by atoms with E-state index in [9.17, 15) is 43.9 Å². The van der Waals surface area contributed by atoms with Gasteiger partial charge in [-0.1, -0.05) is 37.0 Å². The summed E-state index contributed by atoms with van der Waals surface area (Å²) < 4.78 is 146. The van der Waals surface area contributed by atoms with E-state index in [-0.39, 0.29) is 23.1 Å². The van der Waals surface area contributed by atoms with Crippen LogP contribution in [0, 0.1) is 70.2 Å². The maximum atomic E-state index is 14.7. The molecule has 0 radical (unpaired) electrons. The molecule has 4 rings (SSSR count). The fourth-order valence-electron chi connectivity index (χ4n) is 3.96. The third-order valence-electron chi connectivity index (χ3n) is 6.10. The summed E-state index contributed by atoms with van der Waals surface area (Å²) >= 11 is 0. The number of alkyl halides is 2. The maximum absolute atomic E-state index is 14.7. The van der Waals surface area contributed by atoms with Crippen LogP contribution in [0.1, 0.15) is 53.1 Å². The molecular weight excluding hydrogens is 602 g/mol. The van der Waals surface area contributed by atoms with Crippen LogP contribution in [0.4, 0.5) is 43.9 Å². The quantitative estimate of drug-likeness (QED) is 0.119. The summed E-state index contributed by atoms with van der Waals surface area (Å²) in [6.45, 7) is 1.85. The lowest BCUT2D eigenvalue weighted by molar-refractivity contribution is -0.189. The average molecular weight is 620 g/mol. The molecule has 0 aliphatic heterocycles. The molecule has 0 aromatic heterocycles. The van der Waals surface area contributed by atoms with Gasteiger partial charge in [-0.05, 0) is 66.9 Å². The van der Waals surface area contributed by atoms with Crippen molar-refractivity contribution in [2.45, 2.75) is 32.3 Å². The van der Waals surface area contributed by atoms with Crippen LogP contribution in [-0.2, 0) is 12.5 Å². The minimum Gasteiger partial charge on any atom is -0.429 e. The molecule has 0 fully saturated rings. The lowest BCUT2D eigenvalue weighted by Crippen LogP contribution is -2.25. The Hall–Kier alpha value is -4.90. The van der Waals surface area contributed by atoms with E-state index in [0.29, 0.717) is 24.6 Å². The van der Waals surface area contributed by atoms with E-state index >= 15 is 0 Å². The molecule has 0 saturated heterocycles. The van der Waals surface area contributed by atoms with Crippen LogP contribution in [0.25, 0.3) is 0 Å². The minimum atomic E-state index is -4.50. The van der Waals surface area contributed by atoms with E-state index in [4.69, 9.17) is 0 Å². The van der Waals surface area contributed by atoms with Gasteiger partial charge in [0.25, 0.3) is 0 Å². The number of hydrogen-bond acceptors (Lipinski definition) is 1. The van der Waals surface area contributed by atoms with Gasteiger partial charge in [-0.25, -0.2) is 35.1 Å². The second-order valence-electron chi connectivity index (χ2n) is 9.37. The zero-order chi connectivity index (χ0) is 32.2. The predicted octanol–water partition coefficient (Wildman–Crippen LogP) is 9.07. The summed E-state index contributed by atoms with van der Waals surface area (Å²) in [6.07, 6.45) is -2.91. The van der Waals surface area contributed by atoms with Crippen molar-refractivity contribution in [1.82, 2.24) is 0 Å². The Bertz CT molecular complexity index is 1790. The Morgan fingerprint density at radius 2 is 1.16 bits per heavy atom. The third kappa shape index (κ3) is 7.35. The first kappa shape index (κ1) is 32.0. The number of unbranched alkanes of at least 4 members (excludes halogenated alkanes) is 1. The molecule has 0 N–H and O–H groups in total. The van der Waals surface area contributed by atoms with Crippen molar-refractivity contribution in [2.75, 3.05) is 0 Å². The van der Waals surface area contributed by atoms with Gasteiger partial charge in [0.05, 0.1) is 11.1 Å². The van der Waals surface area contributed by atoms with Gasteiger partial charge < -0.3 is 4.74 Å². The summed E-state index contributed by atoms with van der Waals surface area (Å²) in [5, 5.41) is 0. The van der Waals surface area contributed by atoms with E-state index in [1.54, 1.807) is 0 Å². The molecule has 0 unspecified atom stereocenters. The number of halogens is 10. The molecule has 0 atom stereocenters. The second-order valence-corrected chi connectivity index (χ2v) is 9.37. The monoisotopic (exact) mass is 620 g/mol. The zero-order valence-electron chi connectivity index (χ0n) is 22.5. The Morgan fingerprint density at radius 3 is 1.70 bits per heavy atom. The molecule has 0 saturated carbocycles. The van der Waals surface area contributed by atoms with Crippen LogP contribution in [0.15, 0.2) is 54.6 Å². The number of hydrogen-bond donors (Lipinski definition) is 0. The molecule has 0 spiro atoms. The van der Waals surface area contributed by atoms with Gasteiger partial charge >= 0.3 is 6.11 Å². The smallest absolute Gasteiger partial charge is 0.429 e. The summed E-state index contributed by atoms with van der Waals surface area (Å²) in [5.74, 6) is -3.60. The predicted molar refractivity (Wildman–Crippen MR) is 141 cm³/mol. The molecule has 226 valence electrons. The highest BCUT2D eigenvalue weighted by atomic mass is 19.3. The van der Waals surface area contributed by atoms with Crippen LogP contribution in [-0.4, -0.2) is 0 Å². The zero-order valence-corrected chi connectivity index (χ0v) is 22.5. The van der Waals surface area contributed by atoms with Gasteiger partial charge in [0.2, 0.25) is 0 Å². The van der Waals surface area contributed by atoms with Crippen LogP contribution in [0.3, 0.4) is 0 Å². The van der Waals surface area contributed by atoms with Gasteiger partial charge in [-0.2, -0.15) is 8.78 Å². The highest BCUT2D eigenvalue weighted by Gasteiger charge is 2.41. The highest BCUT2D eigenvalue weighted by Crippen LogP contribution is 2.36. The SMILES string of the molecule is CCCCc1cc(F)c(C(F)(F)Oc2ccc(C#Cc3cc(F)c(C#Cc4cc(F)c(F)c(F)c4)c(F)c3)c(F)c2)c(F)c1. The van der Waals surface area contributed by atoms with Crippen LogP contribution in [0.5, 0.6) is 5.75 Å². The largest absolute Gasteiger partial charge is 0.432 e. The molecule has 0 heterocycles. The number of benzene rings is 4. The molecular formula is C33H18F10O. The lowest BCUT2D eigenvalue weighted by Gasteiger charge is -2.20. The van der Waals surface area contributed by atoms with E-state index in [1.165, 1.54) is 0 Å². The van der Waals surface area contributed by atoms with Crippen molar-refractivity contribution in [3.63, 3.8) is 0 Å². The summed E-state index contributed by atoms with van der Waals surface area (Å²) in [6, 6.07) is 6.35. The Labute approximate surface area is 245 Å². The molecule has 0 aliphatic rings. The Kier molecular flexibility index (Phi) is 9.59. The van der Waals surface area contributed by atoms with Gasteiger partial charge in [0.15, 0.2) is 17.5 Å². The van der Waals surface area contributed by atoms with Gasteiger partial charge in [0.1, 0.15) is 40.4 Å². The summed E-state index contributed by atoms with van der Waals surface area (Å²) in [5.41, 5.74) is -3.32. The Balaban J connectivity index is 1.53. The first-order valence-corrected chi connectivity index (χ1v) is 12.8. The van der Waals surface area contributed by atoms with E-state index in [1.807, 2.05) is 12.8 Å². The first-order chi connectivity index (χ1) is 20.8. The summed E-state index contributed by atoms with van der Waals surface area (Å²) in [4.78, 5) is 0. The topological polar surface area (TPSA) is 9.23 Å². The van der Waals surface area contributed by atoms with E-state index < -0.39 is 75.1 Å². The van der Waals surface area contributed by atoms with Crippen molar-refractivity contribution < 1.29 is 48.6 Å². The molecule has 44 heavy (non-hydrogen) atoms. The average Bonchev–Trinajstić information content (AvgIpc) is 2.93. The summed E-state index contributed by atoms with van der Waals surface area (Å²) in [7, 11) is 0. The number of rotatable bonds is 6. The first-order valence-electron chi connectivity index (χ1n) is 12.8. The van der Waals surface area contributed by atoms with Gasteiger partial charge in [-0.3, -0.25) is 0 Å². The van der Waals surface area contributed by atoms with E-state index in [0.717, 1.165) is 42.8 Å². The maximum Gasteiger partial charge on any atom is 0.432 e. The minimum absolute atomic E-state index is 0.191. The van der Waals surface area contributed by atoms with Crippen molar-refractivity contribution in [2.24, 2.45) is 0 Å². The van der Waals surface area contributed by atoms with Crippen molar-refractivity contribution in [3.05, 3.63) is 135 Å². The molecule has 0 bridgehead atoms. The van der Waals surface area contributed by atoms with Crippen LogP contribution in [0.2, 0.25) is 0 Å². The molecule has 1 nitrogen and oxygen atoms in total. The number of ether oxygens (including phenoxy) is 1. The molecule has 0 aliphatic carbocycles. The third-order valence-corrected chi connectivity index (χ3v) is 6.10. The molecule has 11 heteroatoms. The lowest BCUT2D eigenvalue weighted by atomic mass is 10.0. The Morgan fingerprint density at radius 1 is 0.614 bits per heavy atom. The van der Waals surface area contributed by atoms with Crippen molar-refractivity contribution >= 4 is 0 Å². The molecule has 4 aromatic rings. The van der Waals surface area contributed by atoms with E-state index in [2.05, 4.69) is 22.5 Å². The standard InChI is InChI=1S/C33H18F10O/c1-2-3-4-18-13-27(37)31(28(38)14-18)33(42,43)44-22-9-8-21(24(34)17-22)7-5-19-11-25(35)23(26(36)12-19)10-6-20-15-29(39)32(41)30(40)16-20/h8-9,11-17H,2-4H2,1H3. The van der Waals surface area contributed by atoms with Crippen LogP contribution < -0.4 is 4.74 Å². The normalized spacial score (nSPS) is 11.0. The second kappa shape index (κ2) is 13.2. The molecule has 4 aromatic carbocycles. The number of aryl methyl sites for hydroxylation is 1. The molecule has 0 amide bonds. The van der Waals surface area contributed by atoms with Crippen molar-refractivity contribution in [3.8, 4) is 29.4 Å². The fraction of sp³-hybridized carbons (Fsp3) is 0.152. The van der Waals surface area contributed by atoms with Gasteiger partial charge in [-0.15, -0.1) is 0 Å². The van der Waals surface area contributed by atoms with Crippen molar-refractivity contribution in [1.29, 1.82) is 0 Å². The highest BCUT2D eigenvalue weighted by molar-refractivity contribution is 5.50. The fourth-order valence-corrected chi connectivity index (χ4v) is 3.96. The van der Waals surface area contributed by atoms with Crippen LogP contribution >= 0.6 is 0 Å².